The van der Waals surface area contributed by atoms with Crippen molar-refractivity contribution in [3.63, 3.8) is 0 Å². The van der Waals surface area contributed by atoms with E-state index in [9.17, 15) is 14.4 Å². The molecule has 0 aliphatic carbocycles. The zero-order valence-corrected chi connectivity index (χ0v) is 16.9. The van der Waals surface area contributed by atoms with Gasteiger partial charge in [-0.05, 0) is 28.7 Å². The maximum atomic E-state index is 12.7. The number of hydrogen-bond donors (Lipinski definition) is 1. The van der Waals surface area contributed by atoms with Crippen LogP contribution < -0.4 is 16.6 Å². The van der Waals surface area contributed by atoms with E-state index in [1.807, 2.05) is 54.6 Å². The van der Waals surface area contributed by atoms with Crippen molar-refractivity contribution in [3.05, 3.63) is 98.8 Å². The highest BCUT2D eigenvalue weighted by atomic mass is 16.2. The minimum Gasteiger partial charge on any atom is -0.325 e. The average Bonchev–Trinajstić information content (AvgIpc) is 2.68. The molecule has 0 unspecified atom stereocenters. The van der Waals surface area contributed by atoms with Gasteiger partial charge in [-0.15, -0.1) is 0 Å². The molecule has 3 rings (SSSR count). The fourth-order valence-electron chi connectivity index (χ4n) is 3.00. The highest BCUT2D eigenvalue weighted by Gasteiger charge is 2.14. The second-order valence-corrected chi connectivity index (χ2v) is 8.01. The molecule has 0 saturated heterocycles. The molecule has 0 aliphatic rings. The Kier molecular flexibility index (Phi) is 5.82. The van der Waals surface area contributed by atoms with Crippen LogP contribution in [0, 0.1) is 0 Å². The van der Waals surface area contributed by atoms with Crippen molar-refractivity contribution in [2.24, 2.45) is 0 Å². The van der Waals surface area contributed by atoms with Crippen molar-refractivity contribution in [2.75, 3.05) is 5.32 Å². The Hall–Kier alpha value is -3.41. The van der Waals surface area contributed by atoms with Crippen molar-refractivity contribution in [3.8, 4) is 0 Å². The van der Waals surface area contributed by atoms with Crippen molar-refractivity contribution in [1.29, 1.82) is 0 Å². The van der Waals surface area contributed by atoms with Gasteiger partial charge in [-0.3, -0.25) is 18.7 Å². The lowest BCUT2D eigenvalue weighted by atomic mass is 9.87. The number of aromatic nitrogens is 2. The summed E-state index contributed by atoms with van der Waals surface area (Å²) >= 11 is 0. The number of rotatable bonds is 5. The van der Waals surface area contributed by atoms with Crippen LogP contribution in [0.3, 0.4) is 0 Å². The first-order valence-electron chi connectivity index (χ1n) is 9.49. The average molecular weight is 391 g/mol. The molecule has 6 heteroatoms. The maximum Gasteiger partial charge on any atom is 0.331 e. The van der Waals surface area contributed by atoms with E-state index in [1.54, 1.807) is 0 Å². The summed E-state index contributed by atoms with van der Waals surface area (Å²) < 4.78 is 2.37. The van der Waals surface area contributed by atoms with E-state index in [1.165, 1.54) is 16.8 Å². The molecule has 29 heavy (non-hydrogen) atoms. The molecule has 1 aromatic heterocycles. The zero-order chi connectivity index (χ0) is 21.0. The van der Waals surface area contributed by atoms with Gasteiger partial charge in [0.2, 0.25) is 5.91 Å². The van der Waals surface area contributed by atoms with Crippen LogP contribution >= 0.6 is 0 Å². The van der Waals surface area contributed by atoms with Gasteiger partial charge in [0, 0.05) is 18.0 Å². The van der Waals surface area contributed by atoms with E-state index >= 15 is 0 Å². The summed E-state index contributed by atoms with van der Waals surface area (Å²) in [6.07, 6.45) is 1.46. The molecule has 0 bridgehead atoms. The number of carbonyl (C=O) groups is 1. The third-order valence-corrected chi connectivity index (χ3v) is 4.67. The lowest BCUT2D eigenvalue weighted by Crippen LogP contribution is -2.41. The fourth-order valence-corrected chi connectivity index (χ4v) is 3.00. The number of hydrogen-bond acceptors (Lipinski definition) is 3. The summed E-state index contributed by atoms with van der Waals surface area (Å²) in [5.74, 6) is -0.426. The molecule has 6 nitrogen and oxygen atoms in total. The molecule has 0 saturated carbocycles. The molecular weight excluding hydrogens is 366 g/mol. The number of amides is 1. The van der Waals surface area contributed by atoms with Crippen molar-refractivity contribution < 1.29 is 4.79 Å². The number of nitrogens with one attached hydrogen (secondary N) is 1. The van der Waals surface area contributed by atoms with Crippen LogP contribution in [0.25, 0.3) is 0 Å². The highest BCUT2D eigenvalue weighted by molar-refractivity contribution is 5.90. The van der Waals surface area contributed by atoms with Crippen molar-refractivity contribution in [2.45, 2.75) is 39.3 Å². The zero-order valence-electron chi connectivity index (χ0n) is 16.9. The SMILES string of the molecule is CC(C)(C)c1ccc(NC(=O)Cn2c(=O)ccn(Cc3ccccc3)c2=O)cc1. The minimum absolute atomic E-state index is 0.0176. The molecule has 0 radical (unpaired) electrons. The van der Waals surface area contributed by atoms with Gasteiger partial charge in [-0.1, -0.05) is 63.2 Å². The monoisotopic (exact) mass is 391 g/mol. The van der Waals surface area contributed by atoms with Gasteiger partial charge in [0.1, 0.15) is 6.54 Å². The summed E-state index contributed by atoms with van der Waals surface area (Å²) in [4.78, 5) is 37.3. The van der Waals surface area contributed by atoms with Crippen LogP contribution in [0.2, 0.25) is 0 Å². The molecule has 150 valence electrons. The normalized spacial score (nSPS) is 11.3. The quantitative estimate of drug-likeness (QED) is 0.727. The van der Waals surface area contributed by atoms with E-state index in [4.69, 9.17) is 0 Å². The molecule has 1 heterocycles. The predicted molar refractivity (Wildman–Crippen MR) is 114 cm³/mol. The second kappa shape index (κ2) is 8.31. The minimum atomic E-state index is -0.514. The number of anilines is 1. The molecule has 2 aromatic carbocycles. The fraction of sp³-hybridized carbons (Fsp3) is 0.261. The van der Waals surface area contributed by atoms with Crippen LogP contribution in [0.15, 0.2) is 76.4 Å². The predicted octanol–water partition coefficient (Wildman–Crippen LogP) is 2.99. The first-order chi connectivity index (χ1) is 13.7. The van der Waals surface area contributed by atoms with E-state index in [0.717, 1.165) is 15.7 Å². The van der Waals surface area contributed by atoms with Crippen LogP contribution in [0.5, 0.6) is 0 Å². The Labute approximate surface area is 169 Å². The second-order valence-electron chi connectivity index (χ2n) is 8.01. The number of nitrogens with zero attached hydrogens (tertiary/aromatic N) is 2. The Morgan fingerprint density at radius 1 is 0.931 bits per heavy atom. The largest absolute Gasteiger partial charge is 0.331 e. The van der Waals surface area contributed by atoms with E-state index in [2.05, 4.69) is 26.1 Å². The topological polar surface area (TPSA) is 73.1 Å². The standard InChI is InChI=1S/C23H25N3O3/c1-23(2,3)18-9-11-19(12-10-18)24-20(27)16-26-21(28)13-14-25(22(26)29)15-17-7-5-4-6-8-17/h4-14H,15-16H2,1-3H3,(H,24,27). The molecular formula is C23H25N3O3. The Morgan fingerprint density at radius 2 is 1.59 bits per heavy atom. The van der Waals surface area contributed by atoms with Crippen LogP contribution in [0.4, 0.5) is 5.69 Å². The number of carbonyl (C=O) groups excluding carboxylic acids is 1. The lowest BCUT2D eigenvalue weighted by Gasteiger charge is -2.19. The molecule has 1 amide bonds. The first-order valence-corrected chi connectivity index (χ1v) is 9.49. The van der Waals surface area contributed by atoms with Crippen molar-refractivity contribution >= 4 is 11.6 Å². The highest BCUT2D eigenvalue weighted by Crippen LogP contribution is 2.23. The van der Waals surface area contributed by atoms with E-state index in [0.29, 0.717) is 12.2 Å². The van der Waals surface area contributed by atoms with Gasteiger partial charge >= 0.3 is 5.69 Å². The molecule has 3 aromatic rings. The third kappa shape index (κ3) is 5.10. The van der Waals surface area contributed by atoms with Gasteiger partial charge < -0.3 is 5.32 Å². The molecule has 0 fully saturated rings. The maximum absolute atomic E-state index is 12.7. The van der Waals surface area contributed by atoms with Crippen LogP contribution in [0.1, 0.15) is 31.9 Å². The molecule has 0 atom stereocenters. The molecule has 0 spiro atoms. The molecule has 0 aliphatic heterocycles. The smallest absolute Gasteiger partial charge is 0.325 e. The van der Waals surface area contributed by atoms with Gasteiger partial charge in [-0.25, -0.2) is 4.79 Å². The van der Waals surface area contributed by atoms with Gasteiger partial charge in [0.25, 0.3) is 5.56 Å². The van der Waals surface area contributed by atoms with Crippen LogP contribution in [-0.2, 0) is 23.3 Å². The Bertz CT molecular complexity index is 1110. The third-order valence-electron chi connectivity index (χ3n) is 4.67. The van der Waals surface area contributed by atoms with E-state index < -0.39 is 17.2 Å². The summed E-state index contributed by atoms with van der Waals surface area (Å²) in [5, 5.41) is 2.75. The Balaban J connectivity index is 1.75. The van der Waals surface area contributed by atoms with Gasteiger partial charge in [-0.2, -0.15) is 0 Å². The summed E-state index contributed by atoms with van der Waals surface area (Å²) in [7, 11) is 0. The summed E-state index contributed by atoms with van der Waals surface area (Å²) in [6, 6.07) is 18.3. The van der Waals surface area contributed by atoms with Gasteiger partial charge in [0.15, 0.2) is 0 Å². The van der Waals surface area contributed by atoms with Crippen LogP contribution in [-0.4, -0.2) is 15.0 Å². The lowest BCUT2D eigenvalue weighted by molar-refractivity contribution is -0.116. The van der Waals surface area contributed by atoms with E-state index in [-0.39, 0.29) is 12.0 Å². The molecule has 1 N–H and O–H groups in total. The first kappa shape index (κ1) is 20.3. The Morgan fingerprint density at radius 3 is 2.21 bits per heavy atom. The van der Waals surface area contributed by atoms with Crippen molar-refractivity contribution in [1.82, 2.24) is 9.13 Å². The summed E-state index contributed by atoms with van der Waals surface area (Å²) in [6.45, 7) is 6.33. The van der Waals surface area contributed by atoms with Gasteiger partial charge in [0.05, 0.1) is 6.54 Å². The number of benzene rings is 2. The summed E-state index contributed by atoms with van der Waals surface area (Å²) in [5.41, 5.74) is 1.71.